The first-order valence-corrected chi connectivity index (χ1v) is 11.1. The predicted molar refractivity (Wildman–Crippen MR) is 121 cm³/mol. The van der Waals surface area contributed by atoms with Crippen molar-refractivity contribution in [1.29, 1.82) is 5.26 Å². The van der Waals surface area contributed by atoms with Gasteiger partial charge in [-0.2, -0.15) is 10.4 Å². The first kappa shape index (κ1) is 22.0. The lowest BCUT2D eigenvalue weighted by molar-refractivity contribution is -0.131. The SMILES string of the molecule is COc1ccc(-c2cn(CC(=O)N3CC4CNCC4C3)nc2-c2ccc(C#N)c(F)c2)cc1F. The van der Waals surface area contributed by atoms with Crippen molar-refractivity contribution in [3.8, 4) is 34.2 Å². The van der Waals surface area contributed by atoms with Crippen molar-refractivity contribution in [3.63, 3.8) is 0 Å². The second-order valence-corrected chi connectivity index (χ2v) is 8.72. The fourth-order valence-electron chi connectivity index (χ4n) is 4.81. The average molecular weight is 463 g/mol. The van der Waals surface area contributed by atoms with Crippen LogP contribution in [0.4, 0.5) is 8.78 Å². The Bertz CT molecular complexity index is 1290. The second-order valence-electron chi connectivity index (χ2n) is 8.72. The van der Waals surface area contributed by atoms with Gasteiger partial charge in [0.15, 0.2) is 11.6 Å². The van der Waals surface area contributed by atoms with Crippen molar-refractivity contribution < 1.29 is 18.3 Å². The summed E-state index contributed by atoms with van der Waals surface area (Å²) in [5, 5.41) is 17.0. The van der Waals surface area contributed by atoms with E-state index in [0.29, 0.717) is 34.2 Å². The van der Waals surface area contributed by atoms with Crippen LogP contribution in [0.1, 0.15) is 5.56 Å². The molecule has 1 aromatic heterocycles. The Hall–Kier alpha value is -3.77. The Morgan fingerprint density at radius 3 is 2.50 bits per heavy atom. The highest BCUT2D eigenvalue weighted by atomic mass is 19.1. The molecule has 2 saturated heterocycles. The number of hydrogen-bond donors (Lipinski definition) is 1. The maximum absolute atomic E-state index is 14.5. The second kappa shape index (κ2) is 8.88. The molecule has 174 valence electrons. The van der Waals surface area contributed by atoms with E-state index in [9.17, 15) is 13.6 Å². The van der Waals surface area contributed by atoms with Crippen LogP contribution in [0.5, 0.6) is 5.75 Å². The molecule has 0 saturated carbocycles. The molecule has 2 fully saturated rings. The Kier molecular flexibility index (Phi) is 5.75. The third-order valence-electron chi connectivity index (χ3n) is 6.63. The molecule has 2 aromatic carbocycles. The number of carbonyl (C=O) groups excluding carboxylic acids is 1. The fraction of sp³-hybridized carbons (Fsp3) is 0.320. The molecule has 1 amide bonds. The van der Waals surface area contributed by atoms with Gasteiger partial charge in [-0.3, -0.25) is 9.48 Å². The van der Waals surface area contributed by atoms with Crippen molar-refractivity contribution >= 4 is 5.91 Å². The Balaban J connectivity index is 1.49. The minimum Gasteiger partial charge on any atom is -0.494 e. The van der Waals surface area contributed by atoms with E-state index in [1.54, 1.807) is 24.4 Å². The minimum absolute atomic E-state index is 0.0251. The summed E-state index contributed by atoms with van der Waals surface area (Å²) in [4.78, 5) is 14.9. The van der Waals surface area contributed by atoms with Crippen LogP contribution >= 0.6 is 0 Å². The lowest BCUT2D eigenvalue weighted by Crippen LogP contribution is -2.34. The van der Waals surface area contributed by atoms with E-state index in [0.717, 1.165) is 26.2 Å². The number of methoxy groups -OCH3 is 1. The summed E-state index contributed by atoms with van der Waals surface area (Å²) >= 11 is 0. The summed E-state index contributed by atoms with van der Waals surface area (Å²) in [5.41, 5.74) is 1.79. The summed E-state index contributed by atoms with van der Waals surface area (Å²) in [5.74, 6) is -0.186. The van der Waals surface area contributed by atoms with Gasteiger partial charge in [-0.1, -0.05) is 12.1 Å². The number of ether oxygens (including phenoxy) is 1. The van der Waals surface area contributed by atoms with Crippen molar-refractivity contribution in [2.75, 3.05) is 33.3 Å². The van der Waals surface area contributed by atoms with Crippen LogP contribution in [-0.4, -0.2) is 53.9 Å². The van der Waals surface area contributed by atoms with Gasteiger partial charge in [-0.15, -0.1) is 0 Å². The van der Waals surface area contributed by atoms with Crippen LogP contribution < -0.4 is 10.1 Å². The van der Waals surface area contributed by atoms with Gasteiger partial charge < -0.3 is 15.0 Å². The average Bonchev–Trinajstić information content (AvgIpc) is 3.54. The van der Waals surface area contributed by atoms with Crippen molar-refractivity contribution in [3.05, 3.63) is 59.8 Å². The number of nitrogens with one attached hydrogen (secondary N) is 1. The molecule has 2 aliphatic rings. The summed E-state index contributed by atoms with van der Waals surface area (Å²) in [6.45, 7) is 3.33. The van der Waals surface area contributed by atoms with Gasteiger partial charge in [-0.05, 0) is 41.7 Å². The molecule has 2 aliphatic heterocycles. The molecule has 5 rings (SSSR count). The van der Waals surface area contributed by atoms with Crippen molar-refractivity contribution in [2.45, 2.75) is 6.54 Å². The quantitative estimate of drug-likeness (QED) is 0.629. The number of amides is 1. The molecular weight excluding hydrogens is 440 g/mol. The molecule has 9 heteroatoms. The zero-order valence-electron chi connectivity index (χ0n) is 18.6. The minimum atomic E-state index is -0.672. The molecule has 0 spiro atoms. The standard InChI is InChI=1S/C25H23F2N5O2/c1-34-23-5-4-15(6-22(23)27)20-13-32(14-24(33)31-11-18-9-29-10-19(18)12-31)30-25(20)16-2-3-17(8-28)21(26)7-16/h2-7,13,18-19,29H,9-12,14H2,1H3. The topological polar surface area (TPSA) is 83.2 Å². The normalized spacial score (nSPS) is 19.2. The van der Waals surface area contributed by atoms with Crippen LogP contribution in [0.3, 0.4) is 0 Å². The lowest BCUT2D eigenvalue weighted by atomic mass is 10.0. The van der Waals surface area contributed by atoms with Crippen LogP contribution in [0.25, 0.3) is 22.4 Å². The first-order valence-electron chi connectivity index (χ1n) is 11.1. The van der Waals surface area contributed by atoms with E-state index >= 15 is 0 Å². The third-order valence-corrected chi connectivity index (χ3v) is 6.63. The number of likely N-dealkylation sites (tertiary alicyclic amines) is 1. The number of halogens is 2. The number of carbonyl (C=O) groups is 1. The fourth-order valence-corrected chi connectivity index (χ4v) is 4.81. The lowest BCUT2D eigenvalue weighted by Gasteiger charge is -2.17. The van der Waals surface area contributed by atoms with Crippen molar-refractivity contribution in [2.24, 2.45) is 11.8 Å². The Labute approximate surface area is 195 Å². The molecule has 2 unspecified atom stereocenters. The van der Waals surface area contributed by atoms with Gasteiger partial charge in [-0.25, -0.2) is 8.78 Å². The predicted octanol–water partition coefficient (Wildman–Crippen LogP) is 3.05. The highest BCUT2D eigenvalue weighted by Gasteiger charge is 2.38. The van der Waals surface area contributed by atoms with E-state index in [2.05, 4.69) is 10.4 Å². The zero-order chi connectivity index (χ0) is 23.8. The molecule has 0 aliphatic carbocycles. The number of nitriles is 1. The largest absolute Gasteiger partial charge is 0.494 e. The summed E-state index contributed by atoms with van der Waals surface area (Å²) < 4.78 is 35.3. The van der Waals surface area contributed by atoms with Crippen LogP contribution in [0.15, 0.2) is 42.6 Å². The molecule has 3 heterocycles. The van der Waals surface area contributed by atoms with Gasteiger partial charge in [0.25, 0.3) is 0 Å². The van der Waals surface area contributed by atoms with E-state index in [1.807, 2.05) is 4.90 Å². The number of hydrogen-bond acceptors (Lipinski definition) is 5. The van der Waals surface area contributed by atoms with Gasteiger partial charge in [0, 0.05) is 43.5 Å². The zero-order valence-corrected chi connectivity index (χ0v) is 18.6. The monoisotopic (exact) mass is 463 g/mol. The van der Waals surface area contributed by atoms with Gasteiger partial charge >= 0.3 is 0 Å². The van der Waals surface area contributed by atoms with Gasteiger partial charge in [0.2, 0.25) is 5.91 Å². The smallest absolute Gasteiger partial charge is 0.244 e. The maximum atomic E-state index is 14.5. The highest BCUT2D eigenvalue weighted by Crippen LogP contribution is 2.34. The summed E-state index contributed by atoms with van der Waals surface area (Å²) in [7, 11) is 1.38. The molecule has 2 atom stereocenters. The number of fused-ring (bicyclic) bond motifs is 1. The molecular formula is C25H23F2N5O2. The van der Waals surface area contributed by atoms with E-state index < -0.39 is 11.6 Å². The number of aromatic nitrogens is 2. The van der Waals surface area contributed by atoms with Crippen molar-refractivity contribution in [1.82, 2.24) is 20.0 Å². The summed E-state index contributed by atoms with van der Waals surface area (Å²) in [6.07, 6.45) is 1.67. The highest BCUT2D eigenvalue weighted by molar-refractivity contribution is 5.82. The molecule has 0 radical (unpaired) electrons. The Morgan fingerprint density at radius 1 is 1.15 bits per heavy atom. The molecule has 7 nitrogen and oxygen atoms in total. The van der Waals surface area contributed by atoms with Crippen LogP contribution in [0.2, 0.25) is 0 Å². The van der Waals surface area contributed by atoms with Crippen LogP contribution in [0, 0.1) is 34.8 Å². The molecule has 0 bridgehead atoms. The van der Waals surface area contributed by atoms with E-state index in [1.165, 1.54) is 36.1 Å². The number of nitrogens with zero attached hydrogens (tertiary/aromatic N) is 4. The maximum Gasteiger partial charge on any atom is 0.244 e. The molecule has 34 heavy (non-hydrogen) atoms. The van der Waals surface area contributed by atoms with E-state index in [4.69, 9.17) is 10.00 Å². The summed E-state index contributed by atoms with van der Waals surface area (Å²) in [6, 6.07) is 10.5. The van der Waals surface area contributed by atoms with Gasteiger partial charge in [0.1, 0.15) is 24.1 Å². The first-order chi connectivity index (χ1) is 16.5. The molecule has 1 N–H and O–H groups in total. The van der Waals surface area contributed by atoms with Crippen LogP contribution in [-0.2, 0) is 11.3 Å². The Morgan fingerprint density at radius 2 is 1.85 bits per heavy atom. The number of benzene rings is 2. The third kappa shape index (κ3) is 4.01. The van der Waals surface area contributed by atoms with Gasteiger partial charge in [0.05, 0.1) is 12.7 Å². The number of rotatable bonds is 5. The molecule has 3 aromatic rings. The van der Waals surface area contributed by atoms with E-state index in [-0.39, 0.29) is 23.8 Å².